The van der Waals surface area contributed by atoms with E-state index in [1.807, 2.05) is 25.4 Å². The molecule has 0 aliphatic carbocycles. The number of hydrogen-bond donors (Lipinski definition) is 1. The molecule has 1 aliphatic rings. The average Bonchev–Trinajstić information content (AvgIpc) is 2.82. The number of anilines is 2. The highest BCUT2D eigenvalue weighted by molar-refractivity contribution is 5.58. The van der Waals surface area contributed by atoms with Crippen LogP contribution in [0.1, 0.15) is 11.1 Å². The number of aromatic nitrogens is 1. The Morgan fingerprint density at radius 3 is 2.95 bits per heavy atom. The van der Waals surface area contributed by atoms with Crippen molar-refractivity contribution >= 4 is 11.5 Å². The fourth-order valence-corrected chi connectivity index (χ4v) is 2.47. The van der Waals surface area contributed by atoms with Crippen molar-refractivity contribution in [2.24, 2.45) is 0 Å². The van der Waals surface area contributed by atoms with Crippen LogP contribution in [0.4, 0.5) is 15.9 Å². The molecular weight excluding hydrogens is 241 g/mol. The lowest BCUT2D eigenvalue weighted by Crippen LogP contribution is -2.19. The van der Waals surface area contributed by atoms with Crippen molar-refractivity contribution in [1.29, 1.82) is 0 Å². The summed E-state index contributed by atoms with van der Waals surface area (Å²) >= 11 is 0. The highest BCUT2D eigenvalue weighted by Gasteiger charge is 2.19. The quantitative estimate of drug-likeness (QED) is 0.916. The lowest BCUT2D eigenvalue weighted by Gasteiger charge is -2.19. The Labute approximate surface area is 112 Å². The molecule has 1 aromatic carbocycles. The van der Waals surface area contributed by atoms with Crippen molar-refractivity contribution in [1.82, 2.24) is 4.98 Å². The first-order valence-electron chi connectivity index (χ1n) is 6.42. The molecule has 4 heteroatoms. The molecule has 2 aromatic rings. The molecule has 0 fully saturated rings. The van der Waals surface area contributed by atoms with E-state index in [9.17, 15) is 4.39 Å². The molecule has 98 valence electrons. The van der Waals surface area contributed by atoms with Gasteiger partial charge < -0.3 is 10.2 Å². The summed E-state index contributed by atoms with van der Waals surface area (Å²) in [5.74, 6) is 0.686. The standard InChI is InChI=1S/C15H16FN3/c1-17-15-5-2-11(9-18-15)10-19-7-6-12-3-4-13(16)8-14(12)19/h2-5,8-9H,6-7,10H2,1H3,(H,17,18). The monoisotopic (exact) mass is 257 g/mol. The van der Waals surface area contributed by atoms with Crippen molar-refractivity contribution < 1.29 is 4.39 Å². The summed E-state index contributed by atoms with van der Waals surface area (Å²) in [6.45, 7) is 1.71. The van der Waals surface area contributed by atoms with Crippen molar-refractivity contribution in [3.05, 3.63) is 53.5 Å². The van der Waals surface area contributed by atoms with Crippen molar-refractivity contribution in [2.75, 3.05) is 23.8 Å². The van der Waals surface area contributed by atoms with E-state index < -0.39 is 0 Å². The summed E-state index contributed by atoms with van der Waals surface area (Å²) in [6.07, 6.45) is 2.85. The molecule has 2 heterocycles. The van der Waals surface area contributed by atoms with Gasteiger partial charge in [-0.2, -0.15) is 0 Å². The fourth-order valence-electron chi connectivity index (χ4n) is 2.47. The van der Waals surface area contributed by atoms with Crippen LogP contribution in [0.2, 0.25) is 0 Å². The van der Waals surface area contributed by atoms with Gasteiger partial charge in [0.25, 0.3) is 0 Å². The Morgan fingerprint density at radius 2 is 2.21 bits per heavy atom. The van der Waals surface area contributed by atoms with Crippen LogP contribution in [0.15, 0.2) is 36.5 Å². The highest BCUT2D eigenvalue weighted by atomic mass is 19.1. The smallest absolute Gasteiger partial charge is 0.125 e. The van der Waals surface area contributed by atoms with E-state index in [0.29, 0.717) is 0 Å². The van der Waals surface area contributed by atoms with Gasteiger partial charge in [0.15, 0.2) is 0 Å². The zero-order chi connectivity index (χ0) is 13.2. The number of fused-ring (bicyclic) bond motifs is 1. The highest BCUT2D eigenvalue weighted by Crippen LogP contribution is 2.29. The Morgan fingerprint density at radius 1 is 1.32 bits per heavy atom. The molecule has 1 aromatic heterocycles. The van der Waals surface area contributed by atoms with Gasteiger partial charge in [0.2, 0.25) is 0 Å². The summed E-state index contributed by atoms with van der Waals surface area (Å²) in [6, 6.07) is 9.05. The van der Waals surface area contributed by atoms with Gasteiger partial charge in [-0.05, 0) is 35.7 Å². The first kappa shape index (κ1) is 12.0. The molecule has 0 saturated heterocycles. The van der Waals surface area contributed by atoms with Crippen molar-refractivity contribution in [3.8, 4) is 0 Å². The fraction of sp³-hybridized carbons (Fsp3) is 0.267. The predicted octanol–water partition coefficient (Wildman–Crippen LogP) is 2.83. The second-order valence-electron chi connectivity index (χ2n) is 4.75. The van der Waals surface area contributed by atoms with Crippen LogP contribution in [0.25, 0.3) is 0 Å². The summed E-state index contributed by atoms with van der Waals surface area (Å²) in [5, 5.41) is 3.00. The summed E-state index contributed by atoms with van der Waals surface area (Å²) in [7, 11) is 1.85. The molecule has 0 amide bonds. The molecule has 0 saturated carbocycles. The Bertz CT molecular complexity index is 580. The van der Waals surface area contributed by atoms with Gasteiger partial charge in [-0.1, -0.05) is 12.1 Å². The maximum Gasteiger partial charge on any atom is 0.125 e. The van der Waals surface area contributed by atoms with Gasteiger partial charge in [0, 0.05) is 32.0 Å². The summed E-state index contributed by atoms with van der Waals surface area (Å²) in [5.41, 5.74) is 3.37. The van der Waals surface area contributed by atoms with Gasteiger partial charge in [0.05, 0.1) is 0 Å². The van der Waals surface area contributed by atoms with Crippen LogP contribution in [0, 0.1) is 5.82 Å². The number of benzene rings is 1. The molecule has 0 unspecified atom stereocenters. The summed E-state index contributed by atoms with van der Waals surface area (Å²) < 4.78 is 13.3. The van der Waals surface area contributed by atoms with Crippen LogP contribution < -0.4 is 10.2 Å². The minimum atomic E-state index is -0.172. The van der Waals surface area contributed by atoms with Gasteiger partial charge in [-0.25, -0.2) is 9.37 Å². The van der Waals surface area contributed by atoms with Crippen LogP contribution in [-0.2, 0) is 13.0 Å². The van der Waals surface area contributed by atoms with Crippen LogP contribution in [0.5, 0.6) is 0 Å². The molecule has 1 aliphatic heterocycles. The molecule has 0 bridgehead atoms. The molecule has 19 heavy (non-hydrogen) atoms. The number of halogens is 1. The minimum absolute atomic E-state index is 0.172. The molecule has 0 radical (unpaired) electrons. The third kappa shape index (κ3) is 2.38. The van der Waals surface area contributed by atoms with E-state index in [-0.39, 0.29) is 5.82 Å². The van der Waals surface area contributed by atoms with E-state index in [1.54, 1.807) is 6.07 Å². The lowest BCUT2D eigenvalue weighted by atomic mass is 10.1. The normalized spacial score (nSPS) is 13.5. The second kappa shape index (κ2) is 4.88. The topological polar surface area (TPSA) is 28.2 Å². The SMILES string of the molecule is CNc1ccc(CN2CCc3ccc(F)cc32)cn1. The second-order valence-corrected chi connectivity index (χ2v) is 4.75. The zero-order valence-corrected chi connectivity index (χ0v) is 10.9. The number of nitrogens with one attached hydrogen (secondary N) is 1. The number of hydrogen-bond acceptors (Lipinski definition) is 3. The zero-order valence-electron chi connectivity index (χ0n) is 10.9. The van der Waals surface area contributed by atoms with Crippen LogP contribution in [-0.4, -0.2) is 18.6 Å². The molecule has 1 N–H and O–H groups in total. The molecule has 0 atom stereocenters. The Kier molecular flexibility index (Phi) is 3.07. The Balaban J connectivity index is 1.80. The third-order valence-corrected chi connectivity index (χ3v) is 3.49. The first-order valence-corrected chi connectivity index (χ1v) is 6.42. The van der Waals surface area contributed by atoms with Gasteiger partial charge in [0.1, 0.15) is 11.6 Å². The maximum atomic E-state index is 13.3. The van der Waals surface area contributed by atoms with Gasteiger partial charge in [-0.3, -0.25) is 0 Å². The van der Waals surface area contributed by atoms with Crippen molar-refractivity contribution in [3.63, 3.8) is 0 Å². The average molecular weight is 257 g/mol. The molecule has 0 spiro atoms. The van der Waals surface area contributed by atoms with E-state index in [1.165, 1.54) is 11.6 Å². The molecular formula is C15H16FN3. The van der Waals surface area contributed by atoms with E-state index in [0.717, 1.165) is 36.6 Å². The van der Waals surface area contributed by atoms with E-state index in [2.05, 4.69) is 21.3 Å². The number of rotatable bonds is 3. The third-order valence-electron chi connectivity index (χ3n) is 3.49. The maximum absolute atomic E-state index is 13.3. The Hall–Kier alpha value is -2.10. The molecule has 3 rings (SSSR count). The van der Waals surface area contributed by atoms with Crippen LogP contribution in [0.3, 0.4) is 0 Å². The predicted molar refractivity (Wildman–Crippen MR) is 74.9 cm³/mol. The van der Waals surface area contributed by atoms with Crippen LogP contribution >= 0.6 is 0 Å². The van der Waals surface area contributed by atoms with Crippen molar-refractivity contribution in [2.45, 2.75) is 13.0 Å². The molecule has 3 nitrogen and oxygen atoms in total. The largest absolute Gasteiger partial charge is 0.373 e. The number of nitrogens with zero attached hydrogens (tertiary/aromatic N) is 2. The van der Waals surface area contributed by atoms with E-state index >= 15 is 0 Å². The van der Waals surface area contributed by atoms with Gasteiger partial charge >= 0.3 is 0 Å². The number of pyridine rings is 1. The lowest BCUT2D eigenvalue weighted by molar-refractivity contribution is 0.627. The minimum Gasteiger partial charge on any atom is -0.373 e. The summed E-state index contributed by atoms with van der Waals surface area (Å²) in [4.78, 5) is 6.50. The van der Waals surface area contributed by atoms with E-state index in [4.69, 9.17) is 0 Å². The first-order chi connectivity index (χ1) is 9.26. The van der Waals surface area contributed by atoms with Gasteiger partial charge in [-0.15, -0.1) is 0 Å².